The van der Waals surface area contributed by atoms with Crippen LogP contribution in [0, 0.1) is 11.3 Å². The third-order valence-corrected chi connectivity index (χ3v) is 3.03. The molecule has 0 radical (unpaired) electrons. The maximum Gasteiger partial charge on any atom is 0.340 e. The normalized spacial score (nSPS) is 11.9. The van der Waals surface area contributed by atoms with Crippen molar-refractivity contribution in [2.24, 2.45) is 0 Å². The number of para-hydroxylation sites is 1. The predicted octanol–water partition coefficient (Wildman–Crippen LogP) is 1.88. The quantitative estimate of drug-likeness (QED) is 0.613. The molecular formula is C16H18N2O6. The molecule has 0 saturated heterocycles. The zero-order valence-corrected chi connectivity index (χ0v) is 13.3. The molecule has 0 unspecified atom stereocenters. The number of hydrogen-bond acceptors (Lipinski definition) is 6. The molecule has 0 heterocycles. The average Bonchev–Trinajstić information content (AvgIpc) is 2.45. The number of esters is 1. The van der Waals surface area contributed by atoms with Gasteiger partial charge in [-0.05, 0) is 26.0 Å². The summed E-state index contributed by atoms with van der Waals surface area (Å²) in [7, 11) is 0. The van der Waals surface area contributed by atoms with Gasteiger partial charge in [-0.15, -0.1) is 0 Å². The van der Waals surface area contributed by atoms with E-state index in [9.17, 15) is 14.4 Å². The van der Waals surface area contributed by atoms with Crippen LogP contribution in [0.3, 0.4) is 0 Å². The van der Waals surface area contributed by atoms with Gasteiger partial charge in [-0.25, -0.2) is 9.59 Å². The number of hydrogen-bond donors (Lipinski definition) is 3. The van der Waals surface area contributed by atoms with E-state index in [1.807, 2.05) is 6.07 Å². The third kappa shape index (κ3) is 5.61. The second-order valence-corrected chi connectivity index (χ2v) is 5.66. The molecule has 24 heavy (non-hydrogen) atoms. The SMILES string of the molecule is CC(C)(CC#N)OC(=O)c1ccccc1N[C@@H](CC(=O)O)C(=O)O. The van der Waals surface area contributed by atoms with Crippen molar-refractivity contribution < 1.29 is 29.3 Å². The van der Waals surface area contributed by atoms with Gasteiger partial charge in [0, 0.05) is 5.69 Å². The van der Waals surface area contributed by atoms with Gasteiger partial charge >= 0.3 is 17.9 Å². The highest BCUT2D eigenvalue weighted by atomic mass is 16.6. The number of carboxylic acid groups (broad SMARTS) is 2. The molecular weight excluding hydrogens is 316 g/mol. The van der Waals surface area contributed by atoms with E-state index in [1.165, 1.54) is 12.1 Å². The number of ether oxygens (including phenoxy) is 1. The molecule has 128 valence electrons. The van der Waals surface area contributed by atoms with E-state index < -0.39 is 36.0 Å². The van der Waals surface area contributed by atoms with Crippen LogP contribution in [0.5, 0.6) is 0 Å². The van der Waals surface area contributed by atoms with E-state index in [4.69, 9.17) is 20.2 Å². The van der Waals surface area contributed by atoms with Crippen LogP contribution in [0.1, 0.15) is 37.0 Å². The number of anilines is 1. The Hall–Kier alpha value is -3.08. The number of nitrogens with zero attached hydrogens (tertiary/aromatic N) is 1. The summed E-state index contributed by atoms with van der Waals surface area (Å²) in [5.74, 6) is -3.38. The van der Waals surface area contributed by atoms with Crippen molar-refractivity contribution in [3.05, 3.63) is 29.8 Å². The first-order valence-corrected chi connectivity index (χ1v) is 7.07. The summed E-state index contributed by atoms with van der Waals surface area (Å²) in [5.41, 5.74) is -0.810. The standard InChI is InChI=1S/C16H18N2O6/c1-16(2,7-8-17)24-15(23)10-5-3-4-6-11(10)18-12(14(21)22)9-13(19)20/h3-6,12,18H,7,9H2,1-2H3,(H,19,20)(H,21,22)/t12-/m0/s1. The molecule has 0 fully saturated rings. The molecule has 0 aliphatic rings. The predicted molar refractivity (Wildman–Crippen MR) is 83.5 cm³/mol. The lowest BCUT2D eigenvalue weighted by Gasteiger charge is -2.23. The highest BCUT2D eigenvalue weighted by Crippen LogP contribution is 2.22. The first-order chi connectivity index (χ1) is 11.2. The molecule has 0 aromatic heterocycles. The average molecular weight is 334 g/mol. The van der Waals surface area contributed by atoms with Crippen molar-refractivity contribution in [1.29, 1.82) is 5.26 Å². The molecule has 1 aromatic rings. The monoisotopic (exact) mass is 334 g/mol. The van der Waals surface area contributed by atoms with Crippen molar-refractivity contribution >= 4 is 23.6 Å². The minimum absolute atomic E-state index is 0.00883. The lowest BCUT2D eigenvalue weighted by atomic mass is 10.1. The number of rotatable bonds is 8. The Morgan fingerprint density at radius 3 is 2.46 bits per heavy atom. The molecule has 0 saturated carbocycles. The number of carbonyl (C=O) groups is 3. The smallest absolute Gasteiger partial charge is 0.340 e. The molecule has 8 nitrogen and oxygen atoms in total. The molecule has 1 rings (SSSR count). The second-order valence-electron chi connectivity index (χ2n) is 5.66. The number of carboxylic acids is 2. The molecule has 0 amide bonds. The van der Waals surface area contributed by atoms with E-state index >= 15 is 0 Å². The summed E-state index contributed by atoms with van der Waals surface area (Å²) in [4.78, 5) is 34.2. The van der Waals surface area contributed by atoms with E-state index in [0.29, 0.717) is 0 Å². The molecule has 8 heteroatoms. The zero-order valence-electron chi connectivity index (χ0n) is 13.3. The Labute approximate surface area is 138 Å². The van der Waals surface area contributed by atoms with Crippen molar-refractivity contribution in [2.45, 2.75) is 38.3 Å². The minimum atomic E-state index is -1.40. The second kappa shape index (κ2) is 7.97. The number of nitriles is 1. The molecule has 3 N–H and O–H groups in total. The van der Waals surface area contributed by atoms with Crippen LogP contribution in [0.25, 0.3) is 0 Å². The summed E-state index contributed by atoms with van der Waals surface area (Å²) in [5, 5.41) is 29.1. The largest absolute Gasteiger partial charge is 0.481 e. The fourth-order valence-corrected chi connectivity index (χ4v) is 1.88. The molecule has 0 aliphatic carbocycles. The highest BCUT2D eigenvalue weighted by molar-refractivity contribution is 5.97. The van der Waals surface area contributed by atoms with Crippen LogP contribution in [0.15, 0.2) is 24.3 Å². The number of nitrogens with one attached hydrogen (secondary N) is 1. The van der Waals surface area contributed by atoms with Gasteiger partial charge in [0.1, 0.15) is 11.6 Å². The Bertz CT molecular complexity index is 677. The maximum atomic E-state index is 12.3. The van der Waals surface area contributed by atoms with E-state index in [-0.39, 0.29) is 17.7 Å². The van der Waals surface area contributed by atoms with Gasteiger partial charge in [0.2, 0.25) is 0 Å². The lowest BCUT2D eigenvalue weighted by Crippen LogP contribution is -2.33. The summed E-state index contributed by atoms with van der Waals surface area (Å²) in [6.07, 6.45) is -0.663. The van der Waals surface area contributed by atoms with E-state index in [1.54, 1.807) is 26.0 Å². The van der Waals surface area contributed by atoms with Crippen LogP contribution in [0.4, 0.5) is 5.69 Å². The van der Waals surface area contributed by atoms with Gasteiger partial charge in [-0.3, -0.25) is 4.79 Å². The fourth-order valence-electron chi connectivity index (χ4n) is 1.88. The van der Waals surface area contributed by atoms with Crippen molar-refractivity contribution in [3.8, 4) is 6.07 Å². The van der Waals surface area contributed by atoms with Crippen molar-refractivity contribution in [2.75, 3.05) is 5.32 Å². The summed E-state index contributed by atoms with van der Waals surface area (Å²) in [6, 6.07) is 6.52. The number of benzene rings is 1. The Morgan fingerprint density at radius 2 is 1.92 bits per heavy atom. The Balaban J connectivity index is 3.03. The van der Waals surface area contributed by atoms with E-state index in [0.717, 1.165) is 0 Å². The first kappa shape index (κ1) is 19.0. The van der Waals surface area contributed by atoms with Crippen LogP contribution in [-0.4, -0.2) is 39.8 Å². The Morgan fingerprint density at radius 1 is 1.29 bits per heavy atom. The minimum Gasteiger partial charge on any atom is -0.481 e. The summed E-state index contributed by atoms with van der Waals surface area (Å²) >= 11 is 0. The van der Waals surface area contributed by atoms with Crippen molar-refractivity contribution in [3.63, 3.8) is 0 Å². The third-order valence-electron chi connectivity index (χ3n) is 3.03. The zero-order chi connectivity index (χ0) is 18.3. The topological polar surface area (TPSA) is 137 Å². The van der Waals surface area contributed by atoms with Gasteiger partial charge in [0.25, 0.3) is 0 Å². The van der Waals surface area contributed by atoms with Crippen LogP contribution < -0.4 is 5.32 Å². The molecule has 0 aliphatic heterocycles. The van der Waals surface area contributed by atoms with Gasteiger partial charge in [0.05, 0.1) is 24.5 Å². The molecule has 0 bridgehead atoms. The number of carbonyl (C=O) groups excluding carboxylic acids is 1. The van der Waals surface area contributed by atoms with Gasteiger partial charge in [0.15, 0.2) is 0 Å². The van der Waals surface area contributed by atoms with Crippen LogP contribution in [0.2, 0.25) is 0 Å². The van der Waals surface area contributed by atoms with Gasteiger partial charge < -0.3 is 20.3 Å². The van der Waals surface area contributed by atoms with Gasteiger partial charge in [-0.2, -0.15) is 5.26 Å². The molecule has 1 atom stereocenters. The van der Waals surface area contributed by atoms with Crippen LogP contribution in [-0.2, 0) is 14.3 Å². The Kier molecular flexibility index (Phi) is 6.30. The fraction of sp³-hybridized carbons (Fsp3) is 0.375. The highest BCUT2D eigenvalue weighted by Gasteiger charge is 2.27. The number of aliphatic carboxylic acids is 2. The van der Waals surface area contributed by atoms with Gasteiger partial charge in [-0.1, -0.05) is 12.1 Å². The first-order valence-electron chi connectivity index (χ1n) is 7.07. The van der Waals surface area contributed by atoms with Crippen LogP contribution >= 0.6 is 0 Å². The van der Waals surface area contributed by atoms with E-state index in [2.05, 4.69) is 5.32 Å². The van der Waals surface area contributed by atoms with Crippen molar-refractivity contribution in [1.82, 2.24) is 0 Å². The molecule has 1 aromatic carbocycles. The maximum absolute atomic E-state index is 12.3. The summed E-state index contributed by atoms with van der Waals surface area (Å²) < 4.78 is 5.26. The lowest BCUT2D eigenvalue weighted by molar-refractivity contribution is -0.144. The summed E-state index contributed by atoms with van der Waals surface area (Å²) in [6.45, 7) is 3.16. The molecule has 0 spiro atoms.